The van der Waals surface area contributed by atoms with Crippen molar-refractivity contribution in [2.45, 2.75) is 18.4 Å². The Morgan fingerprint density at radius 2 is 2.00 bits per heavy atom. The molecule has 2 atom stereocenters. The van der Waals surface area contributed by atoms with Gasteiger partial charge < -0.3 is 18.9 Å². The number of rotatable bonds is 6. The zero-order valence-electron chi connectivity index (χ0n) is 11.1. The molecule has 0 radical (unpaired) electrons. The molecule has 1 aliphatic heterocycles. The van der Waals surface area contributed by atoms with E-state index >= 15 is 0 Å². The zero-order chi connectivity index (χ0) is 14.8. The van der Waals surface area contributed by atoms with Crippen LogP contribution in [-0.4, -0.2) is 39.7 Å². The summed E-state index contributed by atoms with van der Waals surface area (Å²) in [6.07, 6.45) is -6.83. The molecule has 20 heavy (non-hydrogen) atoms. The van der Waals surface area contributed by atoms with Crippen molar-refractivity contribution in [1.29, 1.82) is 0 Å². The Bertz CT molecular complexity index is 457. The molecule has 2 unspecified atom stereocenters. The summed E-state index contributed by atoms with van der Waals surface area (Å²) in [6, 6.07) is 4.13. The van der Waals surface area contributed by atoms with E-state index in [9.17, 15) is 13.2 Å². The minimum absolute atomic E-state index is 0.0726. The van der Waals surface area contributed by atoms with Crippen LogP contribution in [0, 0.1) is 0 Å². The van der Waals surface area contributed by atoms with E-state index < -0.39 is 12.3 Å². The third-order valence-electron chi connectivity index (χ3n) is 2.87. The van der Waals surface area contributed by atoms with Gasteiger partial charge in [0.2, 0.25) is 0 Å². The average Bonchev–Trinajstić information content (AvgIpc) is 3.21. The van der Waals surface area contributed by atoms with Crippen LogP contribution < -0.4 is 9.47 Å². The van der Waals surface area contributed by atoms with Crippen molar-refractivity contribution >= 4 is 0 Å². The molecule has 0 amide bonds. The Kier molecular flexibility index (Phi) is 4.39. The van der Waals surface area contributed by atoms with Crippen molar-refractivity contribution in [1.82, 2.24) is 0 Å². The maximum atomic E-state index is 13.1. The first-order valence-corrected chi connectivity index (χ1v) is 5.97. The summed E-state index contributed by atoms with van der Waals surface area (Å²) < 4.78 is 59.1. The normalized spacial score (nSPS) is 19.6. The molecule has 1 aliphatic rings. The highest BCUT2D eigenvalue weighted by Crippen LogP contribution is 2.41. The van der Waals surface area contributed by atoms with Gasteiger partial charge in [0, 0.05) is 11.6 Å². The summed E-state index contributed by atoms with van der Waals surface area (Å²) in [7, 11) is 2.73. The van der Waals surface area contributed by atoms with Gasteiger partial charge in [-0.1, -0.05) is 0 Å². The van der Waals surface area contributed by atoms with Crippen LogP contribution in [0.4, 0.5) is 13.2 Å². The van der Waals surface area contributed by atoms with Gasteiger partial charge >= 0.3 is 6.18 Å². The van der Waals surface area contributed by atoms with Gasteiger partial charge in [0.15, 0.2) is 6.10 Å². The molecular weight excluding hydrogens is 277 g/mol. The molecule has 1 fully saturated rings. The number of hydrogen-bond acceptors (Lipinski definition) is 4. The number of methoxy groups -OCH3 is 2. The summed E-state index contributed by atoms with van der Waals surface area (Å²) >= 11 is 0. The molecule has 1 saturated heterocycles. The second-order valence-corrected chi connectivity index (χ2v) is 4.32. The van der Waals surface area contributed by atoms with E-state index in [0.717, 1.165) is 0 Å². The Morgan fingerprint density at radius 1 is 1.30 bits per heavy atom. The highest BCUT2D eigenvalue weighted by Gasteiger charge is 2.44. The molecule has 0 N–H and O–H groups in total. The van der Waals surface area contributed by atoms with Crippen LogP contribution in [-0.2, 0) is 9.47 Å². The summed E-state index contributed by atoms with van der Waals surface area (Å²) in [4.78, 5) is 0. The summed E-state index contributed by atoms with van der Waals surface area (Å²) in [5.41, 5.74) is -0.0820. The van der Waals surface area contributed by atoms with Crippen LogP contribution >= 0.6 is 0 Å². The van der Waals surface area contributed by atoms with Crippen molar-refractivity contribution in [3.63, 3.8) is 0 Å². The second-order valence-electron chi connectivity index (χ2n) is 4.32. The molecule has 0 saturated carbocycles. The third-order valence-corrected chi connectivity index (χ3v) is 2.87. The first kappa shape index (κ1) is 14.9. The van der Waals surface area contributed by atoms with Gasteiger partial charge in [-0.15, -0.1) is 0 Å². The standard InChI is InChI=1S/C13H15F3O4/c1-17-8-3-4-10(11(5-8)18-2)12(13(14,15)16)20-7-9-6-19-9/h3-5,9,12H,6-7H2,1-2H3. The topological polar surface area (TPSA) is 40.2 Å². The van der Waals surface area contributed by atoms with Crippen LogP contribution in [0.1, 0.15) is 11.7 Å². The fraction of sp³-hybridized carbons (Fsp3) is 0.538. The molecular formula is C13H15F3O4. The number of epoxide rings is 1. The molecule has 0 spiro atoms. The van der Waals surface area contributed by atoms with E-state index in [-0.39, 0.29) is 24.0 Å². The quantitative estimate of drug-likeness (QED) is 0.756. The summed E-state index contributed by atoms with van der Waals surface area (Å²) in [6.45, 7) is 0.337. The summed E-state index contributed by atoms with van der Waals surface area (Å²) in [5, 5.41) is 0. The second kappa shape index (κ2) is 5.88. The number of hydrogen-bond donors (Lipinski definition) is 0. The SMILES string of the molecule is COc1ccc(C(OCC2CO2)C(F)(F)F)c(OC)c1. The van der Waals surface area contributed by atoms with Gasteiger partial charge in [-0.05, 0) is 12.1 Å². The largest absolute Gasteiger partial charge is 0.497 e. The van der Waals surface area contributed by atoms with Crippen molar-refractivity contribution in [2.75, 3.05) is 27.4 Å². The molecule has 7 heteroatoms. The van der Waals surface area contributed by atoms with Gasteiger partial charge in [-0.2, -0.15) is 13.2 Å². The Balaban J connectivity index is 2.26. The first-order valence-electron chi connectivity index (χ1n) is 5.97. The van der Waals surface area contributed by atoms with Gasteiger partial charge in [0.05, 0.1) is 27.4 Å². The number of ether oxygens (including phenoxy) is 4. The van der Waals surface area contributed by atoms with Crippen LogP contribution in [0.5, 0.6) is 11.5 Å². The maximum absolute atomic E-state index is 13.1. The monoisotopic (exact) mass is 292 g/mol. The lowest BCUT2D eigenvalue weighted by Gasteiger charge is -2.23. The van der Waals surface area contributed by atoms with Gasteiger partial charge in [0.25, 0.3) is 0 Å². The molecule has 2 rings (SSSR count). The van der Waals surface area contributed by atoms with Crippen LogP contribution in [0.2, 0.25) is 0 Å². The predicted octanol–water partition coefficient (Wildman–Crippen LogP) is 2.72. The molecule has 4 nitrogen and oxygen atoms in total. The zero-order valence-corrected chi connectivity index (χ0v) is 11.1. The van der Waals surface area contributed by atoms with E-state index in [1.165, 1.54) is 32.4 Å². The first-order chi connectivity index (χ1) is 9.45. The molecule has 0 aromatic heterocycles. The van der Waals surface area contributed by atoms with Crippen LogP contribution in [0.15, 0.2) is 18.2 Å². The van der Waals surface area contributed by atoms with E-state index in [0.29, 0.717) is 12.4 Å². The average molecular weight is 292 g/mol. The Labute approximate surface area is 114 Å². The fourth-order valence-corrected chi connectivity index (χ4v) is 1.76. The number of benzene rings is 1. The Hall–Kier alpha value is -1.47. The van der Waals surface area contributed by atoms with E-state index in [1.54, 1.807) is 0 Å². The van der Waals surface area contributed by atoms with E-state index in [2.05, 4.69) is 0 Å². The predicted molar refractivity (Wildman–Crippen MR) is 64.0 cm³/mol. The lowest BCUT2D eigenvalue weighted by atomic mass is 10.1. The minimum Gasteiger partial charge on any atom is -0.497 e. The van der Waals surface area contributed by atoms with Crippen molar-refractivity contribution < 1.29 is 32.1 Å². The molecule has 1 aromatic carbocycles. The lowest BCUT2D eigenvalue weighted by molar-refractivity contribution is -0.225. The van der Waals surface area contributed by atoms with E-state index in [4.69, 9.17) is 18.9 Å². The van der Waals surface area contributed by atoms with Gasteiger partial charge in [0.1, 0.15) is 17.6 Å². The minimum atomic E-state index is -4.53. The third kappa shape index (κ3) is 3.55. The number of halogens is 3. The molecule has 112 valence electrons. The molecule has 0 bridgehead atoms. The molecule has 1 heterocycles. The van der Waals surface area contributed by atoms with Gasteiger partial charge in [-0.3, -0.25) is 0 Å². The summed E-state index contributed by atoms with van der Waals surface area (Å²) in [5.74, 6) is 0.487. The number of alkyl halides is 3. The van der Waals surface area contributed by atoms with Crippen LogP contribution in [0.25, 0.3) is 0 Å². The van der Waals surface area contributed by atoms with Crippen molar-refractivity contribution in [3.8, 4) is 11.5 Å². The van der Waals surface area contributed by atoms with Gasteiger partial charge in [-0.25, -0.2) is 0 Å². The highest BCUT2D eigenvalue weighted by molar-refractivity contribution is 5.42. The van der Waals surface area contributed by atoms with Crippen LogP contribution in [0.3, 0.4) is 0 Å². The van der Waals surface area contributed by atoms with E-state index in [1.807, 2.05) is 0 Å². The van der Waals surface area contributed by atoms with Crippen molar-refractivity contribution in [3.05, 3.63) is 23.8 Å². The highest BCUT2D eigenvalue weighted by atomic mass is 19.4. The smallest absolute Gasteiger partial charge is 0.418 e. The van der Waals surface area contributed by atoms with Crippen molar-refractivity contribution in [2.24, 2.45) is 0 Å². The molecule has 0 aliphatic carbocycles. The lowest BCUT2D eigenvalue weighted by Crippen LogP contribution is -2.25. The maximum Gasteiger partial charge on any atom is 0.418 e. The molecule has 1 aromatic rings. The fourth-order valence-electron chi connectivity index (χ4n) is 1.76. The Morgan fingerprint density at radius 3 is 2.50 bits per heavy atom.